The first-order valence-electron chi connectivity index (χ1n) is 6.58. The number of ether oxygens (including phenoxy) is 2. The molecule has 1 aromatic carbocycles. The molecule has 0 aromatic heterocycles. The fraction of sp³-hybridized carbons (Fsp3) is 0.600. The molecule has 2 rings (SSSR count). The quantitative estimate of drug-likeness (QED) is 0.839. The molecule has 1 aliphatic carbocycles. The van der Waals surface area contributed by atoms with E-state index in [0.29, 0.717) is 0 Å². The summed E-state index contributed by atoms with van der Waals surface area (Å²) in [6.45, 7) is 4.54. The highest BCUT2D eigenvalue weighted by Gasteiger charge is 2.32. The first-order chi connectivity index (χ1) is 8.89. The second-order valence-corrected chi connectivity index (χ2v) is 6.82. The van der Waals surface area contributed by atoms with E-state index < -0.39 is 0 Å². The molecule has 0 saturated carbocycles. The lowest BCUT2D eigenvalue weighted by Gasteiger charge is -2.25. The van der Waals surface area contributed by atoms with Crippen molar-refractivity contribution in [2.75, 3.05) is 14.2 Å². The molecule has 0 saturated heterocycles. The van der Waals surface area contributed by atoms with E-state index in [2.05, 4.69) is 29.8 Å². The summed E-state index contributed by atoms with van der Waals surface area (Å²) in [5.41, 5.74) is 8.96. The number of methoxy groups -OCH3 is 2. The van der Waals surface area contributed by atoms with Crippen molar-refractivity contribution in [2.24, 2.45) is 11.1 Å². The number of benzene rings is 1. The van der Waals surface area contributed by atoms with Crippen LogP contribution < -0.4 is 15.2 Å². The van der Waals surface area contributed by atoms with E-state index in [0.717, 1.165) is 40.8 Å². The second-order valence-electron chi connectivity index (χ2n) is 5.96. The van der Waals surface area contributed by atoms with Gasteiger partial charge in [0.05, 0.1) is 18.7 Å². The average Bonchev–Trinajstić information content (AvgIpc) is 2.45. The zero-order valence-electron chi connectivity index (χ0n) is 12.0. The van der Waals surface area contributed by atoms with Crippen molar-refractivity contribution in [1.82, 2.24) is 0 Å². The zero-order chi connectivity index (χ0) is 14.2. The normalized spacial score (nSPS) is 21.5. The lowest BCUT2D eigenvalue weighted by molar-refractivity contribution is 0.291. The predicted molar refractivity (Wildman–Crippen MR) is 80.9 cm³/mol. The molecule has 1 atom stereocenters. The van der Waals surface area contributed by atoms with Gasteiger partial charge in [0.1, 0.15) is 11.5 Å². The third kappa shape index (κ3) is 2.75. The summed E-state index contributed by atoms with van der Waals surface area (Å²) in [5.74, 6) is 1.75. The van der Waals surface area contributed by atoms with Crippen molar-refractivity contribution >= 4 is 15.9 Å². The summed E-state index contributed by atoms with van der Waals surface area (Å²) >= 11 is 3.55. The van der Waals surface area contributed by atoms with E-state index >= 15 is 0 Å². The van der Waals surface area contributed by atoms with Gasteiger partial charge in [-0.1, -0.05) is 13.8 Å². The maximum absolute atomic E-state index is 6.43. The summed E-state index contributed by atoms with van der Waals surface area (Å²) in [4.78, 5) is 0. The molecule has 4 heteroatoms. The molecule has 2 N–H and O–H groups in total. The Balaban J connectivity index is 2.63. The molecule has 0 fully saturated rings. The van der Waals surface area contributed by atoms with Crippen LogP contribution in [0.5, 0.6) is 11.5 Å². The van der Waals surface area contributed by atoms with Crippen molar-refractivity contribution < 1.29 is 9.47 Å². The molecular formula is C15H22BrNO2. The third-order valence-electron chi connectivity index (χ3n) is 3.96. The molecule has 0 amide bonds. The summed E-state index contributed by atoms with van der Waals surface area (Å²) in [6.07, 6.45) is 3.04. The number of hydrogen-bond donors (Lipinski definition) is 1. The number of rotatable bonds is 2. The Bertz CT molecular complexity index is 486. The van der Waals surface area contributed by atoms with E-state index in [4.69, 9.17) is 15.2 Å². The van der Waals surface area contributed by atoms with Crippen LogP contribution in [0.3, 0.4) is 0 Å². The molecule has 0 radical (unpaired) electrons. The molecule has 0 bridgehead atoms. The number of halogens is 1. The SMILES string of the molecule is COc1cc(Br)c(OC)c2c1CCC(C)(C)CC2N. The van der Waals surface area contributed by atoms with Crippen LogP contribution in [0, 0.1) is 5.41 Å². The van der Waals surface area contributed by atoms with E-state index in [1.807, 2.05) is 6.07 Å². The first kappa shape index (κ1) is 14.7. The fourth-order valence-electron chi connectivity index (χ4n) is 2.97. The largest absolute Gasteiger partial charge is 0.496 e. The van der Waals surface area contributed by atoms with E-state index in [-0.39, 0.29) is 11.5 Å². The van der Waals surface area contributed by atoms with Crippen molar-refractivity contribution in [1.29, 1.82) is 0 Å². The van der Waals surface area contributed by atoms with Crippen LogP contribution in [0.1, 0.15) is 43.9 Å². The smallest absolute Gasteiger partial charge is 0.138 e. The van der Waals surface area contributed by atoms with Gasteiger partial charge in [-0.15, -0.1) is 0 Å². The molecule has 106 valence electrons. The molecule has 0 aliphatic heterocycles. The third-order valence-corrected chi connectivity index (χ3v) is 4.55. The van der Waals surface area contributed by atoms with Crippen molar-refractivity contribution in [3.8, 4) is 11.5 Å². The van der Waals surface area contributed by atoms with Gasteiger partial charge in [-0.3, -0.25) is 0 Å². The average molecular weight is 328 g/mol. The van der Waals surface area contributed by atoms with E-state index in [1.54, 1.807) is 14.2 Å². The van der Waals surface area contributed by atoms with Crippen LogP contribution in [-0.2, 0) is 6.42 Å². The van der Waals surface area contributed by atoms with Gasteiger partial charge in [-0.25, -0.2) is 0 Å². The minimum absolute atomic E-state index is 0.0196. The molecule has 0 spiro atoms. The van der Waals surface area contributed by atoms with E-state index in [1.165, 1.54) is 5.56 Å². The zero-order valence-corrected chi connectivity index (χ0v) is 13.6. The molecule has 1 aromatic rings. The Labute approximate surface area is 123 Å². The Morgan fingerprint density at radius 3 is 2.58 bits per heavy atom. The van der Waals surface area contributed by atoms with Crippen molar-refractivity contribution in [2.45, 2.75) is 39.2 Å². The highest BCUT2D eigenvalue weighted by atomic mass is 79.9. The van der Waals surface area contributed by atoms with Gasteiger partial charge >= 0.3 is 0 Å². The lowest BCUT2D eigenvalue weighted by Crippen LogP contribution is -2.19. The van der Waals surface area contributed by atoms with Crippen LogP contribution >= 0.6 is 15.9 Å². The van der Waals surface area contributed by atoms with Crippen LogP contribution in [-0.4, -0.2) is 14.2 Å². The second kappa shape index (κ2) is 5.33. The molecular weight excluding hydrogens is 306 g/mol. The maximum Gasteiger partial charge on any atom is 0.138 e. The minimum Gasteiger partial charge on any atom is -0.496 e. The van der Waals surface area contributed by atoms with Crippen LogP contribution in [0.2, 0.25) is 0 Å². The first-order valence-corrected chi connectivity index (χ1v) is 7.37. The standard InChI is InChI=1S/C15H22BrNO2/c1-15(2)6-5-9-12(18-3)7-10(16)14(19-4)13(9)11(17)8-15/h7,11H,5-6,8,17H2,1-4H3. The van der Waals surface area contributed by atoms with Crippen LogP contribution in [0.4, 0.5) is 0 Å². The van der Waals surface area contributed by atoms with Gasteiger partial charge in [0.15, 0.2) is 0 Å². The van der Waals surface area contributed by atoms with E-state index in [9.17, 15) is 0 Å². The highest BCUT2D eigenvalue weighted by Crippen LogP contribution is 2.47. The van der Waals surface area contributed by atoms with Crippen LogP contribution in [0.25, 0.3) is 0 Å². The molecule has 1 unspecified atom stereocenters. The summed E-state index contributed by atoms with van der Waals surface area (Å²) in [5, 5.41) is 0. The Morgan fingerprint density at radius 1 is 1.32 bits per heavy atom. The monoisotopic (exact) mass is 327 g/mol. The Kier molecular flexibility index (Phi) is 4.11. The summed E-state index contributed by atoms with van der Waals surface area (Å²) in [6, 6.07) is 1.96. The topological polar surface area (TPSA) is 44.5 Å². The highest BCUT2D eigenvalue weighted by molar-refractivity contribution is 9.10. The van der Waals surface area contributed by atoms with Crippen LogP contribution in [0.15, 0.2) is 10.5 Å². The molecule has 0 heterocycles. The Morgan fingerprint density at radius 2 is 2.00 bits per heavy atom. The van der Waals surface area contributed by atoms with Gasteiger partial charge < -0.3 is 15.2 Å². The van der Waals surface area contributed by atoms with Gasteiger partial charge in [-0.2, -0.15) is 0 Å². The molecule has 3 nitrogen and oxygen atoms in total. The number of fused-ring (bicyclic) bond motifs is 1. The van der Waals surface area contributed by atoms with Gasteiger partial charge in [0.25, 0.3) is 0 Å². The molecule has 1 aliphatic rings. The fourth-order valence-corrected chi connectivity index (χ4v) is 3.55. The van der Waals surface area contributed by atoms with Crippen molar-refractivity contribution in [3.63, 3.8) is 0 Å². The minimum atomic E-state index is -0.0196. The predicted octanol–water partition coefficient (Wildman–Crippen LogP) is 3.83. The van der Waals surface area contributed by atoms with Crippen molar-refractivity contribution in [3.05, 3.63) is 21.7 Å². The summed E-state index contributed by atoms with van der Waals surface area (Å²) < 4.78 is 12.0. The number of hydrogen-bond acceptors (Lipinski definition) is 3. The van der Waals surface area contributed by atoms with Gasteiger partial charge in [0, 0.05) is 17.2 Å². The molecule has 19 heavy (non-hydrogen) atoms. The Hall–Kier alpha value is -0.740. The number of nitrogens with two attached hydrogens (primary N) is 1. The summed E-state index contributed by atoms with van der Waals surface area (Å²) in [7, 11) is 3.39. The van der Waals surface area contributed by atoms with Gasteiger partial charge in [-0.05, 0) is 46.7 Å². The maximum atomic E-state index is 6.43. The van der Waals surface area contributed by atoms with Gasteiger partial charge in [0.2, 0.25) is 0 Å². The lowest BCUT2D eigenvalue weighted by atomic mass is 9.83.